The number of anilines is 1. The third-order valence-electron chi connectivity index (χ3n) is 13.8. The first-order valence-corrected chi connectivity index (χ1v) is 24.4. The van der Waals surface area contributed by atoms with Gasteiger partial charge in [-0.05, 0) is 113 Å². The molecule has 3 fully saturated rings. The number of halogens is 1. The van der Waals surface area contributed by atoms with Crippen LogP contribution >= 0.6 is 12.1 Å². The van der Waals surface area contributed by atoms with E-state index in [0.717, 1.165) is 11.3 Å². The SMILES string of the molecule is CC[C@H]1OC(=O)[C@H](C)C(=O)[C@H](C)[C@@H](O[C@@H]2OC(CN(C)C)CC(N(C)C)C2O)[C@](C)(OC)C[C@@H](C)CN(C)[C@H](C)[C@H]2N(CCCCn3cc(-c4cccc(N)c4)nn3)C(=O)O[C@]12C.CSF. The monoisotopic (exact) mass is 951 g/mol. The van der Waals surface area contributed by atoms with Crippen LogP contribution in [0.15, 0.2) is 30.5 Å². The van der Waals surface area contributed by atoms with Crippen LogP contribution in [0.1, 0.15) is 80.6 Å². The summed E-state index contributed by atoms with van der Waals surface area (Å²) in [6, 6.07) is 6.49. The summed E-state index contributed by atoms with van der Waals surface area (Å²) in [4.78, 5) is 50.7. The van der Waals surface area contributed by atoms with Crippen LogP contribution in [-0.2, 0) is 39.8 Å². The van der Waals surface area contributed by atoms with Crippen LogP contribution in [0.2, 0.25) is 0 Å². The molecule has 13 atom stereocenters. The number of nitrogen functional groups attached to an aromatic ring is 1. The first-order chi connectivity index (χ1) is 31.0. The van der Waals surface area contributed by atoms with Crippen molar-refractivity contribution in [3.63, 3.8) is 0 Å². The van der Waals surface area contributed by atoms with E-state index in [9.17, 15) is 23.4 Å². The van der Waals surface area contributed by atoms with Gasteiger partial charge in [0.15, 0.2) is 17.7 Å². The molecule has 1 aromatic carbocycles. The molecule has 19 heteroatoms. The fourth-order valence-corrected chi connectivity index (χ4v) is 10.2. The average Bonchev–Trinajstić information content (AvgIpc) is 3.83. The molecule has 3 aliphatic rings. The van der Waals surface area contributed by atoms with Crippen LogP contribution in [-0.4, -0.2) is 186 Å². The van der Waals surface area contributed by atoms with Crippen molar-refractivity contribution in [3.05, 3.63) is 30.5 Å². The molecule has 0 saturated carbocycles. The third kappa shape index (κ3) is 13.2. The number of aromatic nitrogens is 3. The Labute approximate surface area is 396 Å². The Bertz CT molecular complexity index is 1880. The maximum atomic E-state index is 14.6. The normalized spacial score (nSPS) is 34.0. The van der Waals surface area contributed by atoms with Gasteiger partial charge >= 0.3 is 12.1 Å². The number of nitrogens with two attached hydrogens (primary N) is 1. The molecule has 5 rings (SSSR count). The van der Waals surface area contributed by atoms with Crippen LogP contribution in [0.25, 0.3) is 11.3 Å². The molecule has 3 aliphatic heterocycles. The molecule has 0 spiro atoms. The number of cyclic esters (lactones) is 1. The number of hydrogen-bond acceptors (Lipinski definition) is 16. The lowest BCUT2D eigenvalue weighted by molar-refractivity contribution is -0.298. The zero-order valence-corrected chi connectivity index (χ0v) is 42.6. The van der Waals surface area contributed by atoms with E-state index in [0.29, 0.717) is 64.0 Å². The second-order valence-corrected chi connectivity index (χ2v) is 19.8. The molecule has 0 aliphatic carbocycles. The largest absolute Gasteiger partial charge is 0.458 e. The van der Waals surface area contributed by atoms with Crippen molar-refractivity contribution in [2.45, 2.75) is 147 Å². The molecule has 2 aromatic rings. The predicted molar refractivity (Wildman–Crippen MR) is 254 cm³/mol. The summed E-state index contributed by atoms with van der Waals surface area (Å²) in [6.45, 7) is 15.4. The van der Waals surface area contributed by atoms with Crippen LogP contribution in [0.5, 0.6) is 0 Å². The highest BCUT2D eigenvalue weighted by Crippen LogP contribution is 2.41. The van der Waals surface area contributed by atoms with Crippen LogP contribution in [0.4, 0.5) is 14.4 Å². The molecule has 374 valence electrons. The number of ether oxygens (including phenoxy) is 5. The number of rotatable bonds is 13. The number of hydrogen-bond donors (Lipinski definition) is 2. The smallest absolute Gasteiger partial charge is 0.410 e. The summed E-state index contributed by atoms with van der Waals surface area (Å²) in [7, 11) is 11.4. The minimum atomic E-state index is -1.24. The topological polar surface area (TPSA) is 187 Å². The summed E-state index contributed by atoms with van der Waals surface area (Å²) in [5.41, 5.74) is 5.94. The first kappa shape index (κ1) is 55.2. The van der Waals surface area contributed by atoms with Gasteiger partial charge < -0.3 is 49.2 Å². The number of carbonyl (C=O) groups is 3. The number of fused-ring (bicyclic) bond motifs is 1. The van der Waals surface area contributed by atoms with Crippen molar-refractivity contribution in [2.75, 3.05) is 74.0 Å². The maximum absolute atomic E-state index is 14.6. The standard InChI is InChI=1S/C46H76N8O9.CH3FS/c1-14-37-46(7)40(54(44(58)63-46)21-16-15-20-53-27-35(48-49-53)32-18-17-19-33(47)22-32)31(5)52(12)25-28(2)24-45(6,59-13)41(29(3)38(55)30(4)42(57)61-37)62-43-39(56)36(51(10)11)23-34(60-43)26-50(8)9;1-3-2/h17-19,22,27-31,34,36-37,39-41,43,56H,14-16,20-21,23-26,47H2,1-13H3;1H3/t28-,29+,30-,31-,34?,36?,37-,39?,40-,41-,43+,45-,46-;/m1./s1. The quantitative estimate of drug-likeness (QED) is 0.112. The molecular weight excluding hydrogens is 872 g/mol. The predicted octanol–water partition coefficient (Wildman–Crippen LogP) is 5.40. The van der Waals surface area contributed by atoms with Gasteiger partial charge in [-0.15, -0.1) is 5.10 Å². The van der Waals surface area contributed by atoms with E-state index in [-0.39, 0.29) is 36.3 Å². The Balaban J connectivity index is 0.00000309. The first-order valence-electron chi connectivity index (χ1n) is 23.3. The van der Waals surface area contributed by atoms with E-state index in [1.165, 1.54) is 6.26 Å². The highest BCUT2D eigenvalue weighted by atomic mass is 32.2. The second-order valence-electron chi connectivity index (χ2n) is 19.5. The number of methoxy groups -OCH3 is 1. The molecule has 66 heavy (non-hydrogen) atoms. The lowest BCUT2D eigenvalue weighted by Gasteiger charge is -2.47. The highest BCUT2D eigenvalue weighted by Gasteiger charge is 2.59. The molecule has 0 radical (unpaired) electrons. The van der Waals surface area contributed by atoms with Crippen molar-refractivity contribution in [3.8, 4) is 11.3 Å². The van der Waals surface area contributed by atoms with E-state index in [4.69, 9.17) is 29.4 Å². The lowest BCUT2D eigenvalue weighted by Crippen LogP contribution is -2.61. The minimum absolute atomic E-state index is 0.0101. The second kappa shape index (κ2) is 24.2. The third-order valence-corrected chi connectivity index (χ3v) is 13.8. The zero-order valence-electron chi connectivity index (χ0n) is 41.8. The average molecular weight is 951 g/mol. The Morgan fingerprint density at radius 2 is 1.74 bits per heavy atom. The van der Waals surface area contributed by atoms with Gasteiger partial charge in [0, 0.05) is 80.9 Å². The minimum Gasteiger partial charge on any atom is -0.458 e. The molecule has 3 unspecified atom stereocenters. The number of amides is 1. The molecular formula is C47H79FN8O9S. The fourth-order valence-electron chi connectivity index (χ4n) is 10.2. The Kier molecular flexibility index (Phi) is 20.2. The summed E-state index contributed by atoms with van der Waals surface area (Å²) >= 11 is 0.250. The molecule has 4 heterocycles. The number of ketones is 1. The van der Waals surface area contributed by atoms with E-state index in [1.807, 2.05) is 96.3 Å². The van der Waals surface area contributed by atoms with E-state index in [1.54, 1.807) is 30.5 Å². The Hall–Kier alpha value is -3.43. The van der Waals surface area contributed by atoms with Gasteiger partial charge in [-0.25, -0.2) is 4.79 Å². The number of likely N-dealkylation sites (N-methyl/N-ethyl adjacent to an activating group) is 3. The van der Waals surface area contributed by atoms with Crippen molar-refractivity contribution < 1.29 is 47.1 Å². The van der Waals surface area contributed by atoms with Gasteiger partial charge in [-0.2, -0.15) is 3.89 Å². The summed E-state index contributed by atoms with van der Waals surface area (Å²) in [6.07, 6.45) is 1.45. The molecule has 17 nitrogen and oxygen atoms in total. The number of aryl methyl sites for hydroxylation is 1. The fraction of sp³-hybridized carbons (Fsp3) is 0.766. The van der Waals surface area contributed by atoms with Crippen LogP contribution < -0.4 is 5.73 Å². The van der Waals surface area contributed by atoms with Crippen LogP contribution in [0, 0.1) is 17.8 Å². The Morgan fingerprint density at radius 1 is 1.08 bits per heavy atom. The van der Waals surface area contributed by atoms with Crippen molar-refractivity contribution >= 4 is 35.7 Å². The molecule has 3 N–H and O–H groups in total. The van der Waals surface area contributed by atoms with Gasteiger partial charge in [0.05, 0.1) is 30.0 Å². The van der Waals surface area contributed by atoms with Gasteiger partial charge in [0.1, 0.15) is 23.8 Å². The molecule has 1 amide bonds. The highest BCUT2D eigenvalue weighted by molar-refractivity contribution is 7.93. The number of carbonyl (C=O) groups excluding carboxylic acids is 3. The van der Waals surface area contributed by atoms with Gasteiger partial charge in [0.25, 0.3) is 0 Å². The number of aliphatic hydroxyl groups excluding tert-OH is 1. The van der Waals surface area contributed by atoms with Gasteiger partial charge in [0.2, 0.25) is 0 Å². The number of Topliss-reactive ketones (excluding diaryl/α,β-unsaturated/α-hetero) is 1. The molecule has 1 aromatic heterocycles. The van der Waals surface area contributed by atoms with Crippen molar-refractivity contribution in [2.24, 2.45) is 17.8 Å². The molecule has 0 bridgehead atoms. The number of nitrogens with zero attached hydrogens (tertiary/aromatic N) is 7. The zero-order chi connectivity index (χ0) is 49.3. The Morgan fingerprint density at radius 3 is 2.35 bits per heavy atom. The number of aliphatic hydroxyl groups is 1. The van der Waals surface area contributed by atoms with Gasteiger partial charge in [-0.1, -0.05) is 38.1 Å². The summed E-state index contributed by atoms with van der Waals surface area (Å²) in [5, 5.41) is 20.3. The number of benzene rings is 1. The maximum Gasteiger partial charge on any atom is 0.410 e. The van der Waals surface area contributed by atoms with Crippen molar-refractivity contribution in [1.82, 2.24) is 34.6 Å². The van der Waals surface area contributed by atoms with Crippen molar-refractivity contribution in [1.29, 1.82) is 0 Å². The summed E-state index contributed by atoms with van der Waals surface area (Å²) < 4.78 is 44.2. The molecule has 3 saturated heterocycles. The van der Waals surface area contributed by atoms with E-state index >= 15 is 0 Å². The van der Waals surface area contributed by atoms with E-state index < -0.39 is 71.5 Å². The summed E-state index contributed by atoms with van der Waals surface area (Å²) in [5.74, 6) is -3.19. The number of unbranched alkanes of at least 4 members (excludes halogenated alkanes) is 1. The van der Waals surface area contributed by atoms with E-state index in [2.05, 4.69) is 29.1 Å². The number of esters is 1. The van der Waals surface area contributed by atoms with Gasteiger partial charge in [-0.3, -0.25) is 19.2 Å². The van der Waals surface area contributed by atoms with Crippen LogP contribution in [0.3, 0.4) is 0 Å². The lowest BCUT2D eigenvalue weighted by atomic mass is 9.78.